The summed E-state index contributed by atoms with van der Waals surface area (Å²) in [7, 11) is 0. The second-order valence-corrected chi connectivity index (χ2v) is 4.10. The lowest BCUT2D eigenvalue weighted by atomic mass is 9.70. The zero-order valence-corrected chi connectivity index (χ0v) is 8.38. The first-order chi connectivity index (χ1) is 6.10. The van der Waals surface area contributed by atoms with Crippen molar-refractivity contribution in [2.75, 3.05) is 13.2 Å². The van der Waals surface area contributed by atoms with E-state index in [2.05, 4.69) is 6.92 Å². The molecule has 1 N–H and O–H groups in total. The highest BCUT2D eigenvalue weighted by atomic mass is 16.5. The lowest BCUT2D eigenvalue weighted by Gasteiger charge is -2.45. The van der Waals surface area contributed by atoms with Crippen molar-refractivity contribution in [3.63, 3.8) is 0 Å². The van der Waals surface area contributed by atoms with Crippen LogP contribution < -0.4 is 0 Å². The second-order valence-electron chi connectivity index (χ2n) is 4.10. The van der Waals surface area contributed by atoms with Gasteiger partial charge in [-0.1, -0.05) is 20.3 Å². The number of ether oxygens (including phenoxy) is 1. The van der Waals surface area contributed by atoms with Crippen LogP contribution in [0.3, 0.4) is 0 Å². The molecule has 1 unspecified atom stereocenters. The highest BCUT2D eigenvalue weighted by Crippen LogP contribution is 2.41. The summed E-state index contributed by atoms with van der Waals surface area (Å²) in [5.41, 5.74) is 0.160. The van der Waals surface area contributed by atoms with E-state index in [1.165, 1.54) is 0 Å². The molecule has 1 saturated heterocycles. The van der Waals surface area contributed by atoms with Gasteiger partial charge in [-0.3, -0.25) is 4.79 Å². The molecule has 1 heterocycles. The van der Waals surface area contributed by atoms with Gasteiger partial charge in [-0.2, -0.15) is 0 Å². The van der Waals surface area contributed by atoms with Gasteiger partial charge in [0.25, 0.3) is 0 Å². The average Bonchev–Trinajstić information content (AvgIpc) is 1.94. The zero-order chi connectivity index (χ0) is 9.90. The maximum absolute atomic E-state index is 10.6. The number of hydrogen-bond donors (Lipinski definition) is 1. The Morgan fingerprint density at radius 2 is 2.23 bits per heavy atom. The third kappa shape index (κ3) is 2.21. The number of carboxylic acids is 1. The Labute approximate surface area is 79.1 Å². The van der Waals surface area contributed by atoms with Crippen molar-refractivity contribution in [3.05, 3.63) is 0 Å². The molecule has 13 heavy (non-hydrogen) atoms. The van der Waals surface area contributed by atoms with E-state index in [0.717, 1.165) is 26.1 Å². The third-order valence-electron chi connectivity index (χ3n) is 3.05. The molecule has 1 aliphatic heterocycles. The SMILES string of the molecule is CCCC1(C(C)CC(=O)O)COC1. The second kappa shape index (κ2) is 4.09. The van der Waals surface area contributed by atoms with E-state index < -0.39 is 5.97 Å². The summed E-state index contributed by atoms with van der Waals surface area (Å²) in [6.45, 7) is 5.64. The van der Waals surface area contributed by atoms with Crippen molar-refractivity contribution in [2.45, 2.75) is 33.1 Å². The Balaban J connectivity index is 2.49. The van der Waals surface area contributed by atoms with E-state index in [-0.39, 0.29) is 17.8 Å². The monoisotopic (exact) mass is 186 g/mol. The maximum atomic E-state index is 10.6. The minimum atomic E-state index is -0.699. The number of carboxylic acid groups (broad SMARTS) is 1. The van der Waals surface area contributed by atoms with E-state index in [0.29, 0.717) is 0 Å². The van der Waals surface area contributed by atoms with E-state index in [1.54, 1.807) is 0 Å². The molecule has 0 radical (unpaired) electrons. The summed E-state index contributed by atoms with van der Waals surface area (Å²) in [4.78, 5) is 10.6. The van der Waals surface area contributed by atoms with Gasteiger partial charge < -0.3 is 9.84 Å². The van der Waals surface area contributed by atoms with Crippen LogP contribution in [0, 0.1) is 11.3 Å². The minimum Gasteiger partial charge on any atom is -0.481 e. The standard InChI is InChI=1S/C10H18O3/c1-3-4-10(6-13-7-10)8(2)5-9(11)12/h8H,3-7H2,1-2H3,(H,11,12). The first kappa shape index (κ1) is 10.5. The lowest BCUT2D eigenvalue weighted by molar-refractivity contribution is -0.159. The number of aliphatic carboxylic acids is 1. The fraction of sp³-hybridized carbons (Fsp3) is 0.900. The molecule has 0 saturated carbocycles. The quantitative estimate of drug-likeness (QED) is 0.713. The van der Waals surface area contributed by atoms with Gasteiger partial charge in [0.05, 0.1) is 13.2 Å². The molecule has 0 spiro atoms. The Kier molecular flexibility index (Phi) is 3.31. The van der Waals surface area contributed by atoms with Crippen molar-refractivity contribution in [3.8, 4) is 0 Å². The topological polar surface area (TPSA) is 46.5 Å². The molecule has 0 aromatic carbocycles. The van der Waals surface area contributed by atoms with Gasteiger partial charge in [-0.25, -0.2) is 0 Å². The molecule has 1 aliphatic rings. The van der Waals surface area contributed by atoms with Gasteiger partial charge in [0.15, 0.2) is 0 Å². The summed E-state index contributed by atoms with van der Waals surface area (Å²) in [6.07, 6.45) is 2.46. The Hall–Kier alpha value is -0.570. The molecule has 0 aromatic heterocycles. The number of carbonyl (C=O) groups is 1. The molecular weight excluding hydrogens is 168 g/mol. The Bertz CT molecular complexity index is 185. The normalized spacial score (nSPS) is 22.0. The van der Waals surface area contributed by atoms with Crippen LogP contribution in [0.1, 0.15) is 33.1 Å². The van der Waals surface area contributed by atoms with Crippen LogP contribution in [0.25, 0.3) is 0 Å². The zero-order valence-electron chi connectivity index (χ0n) is 8.38. The summed E-state index contributed by atoms with van der Waals surface area (Å²) >= 11 is 0. The molecule has 3 nitrogen and oxygen atoms in total. The Morgan fingerprint density at radius 3 is 2.54 bits per heavy atom. The first-order valence-corrected chi connectivity index (χ1v) is 4.90. The van der Waals surface area contributed by atoms with Crippen LogP contribution in [0.4, 0.5) is 0 Å². The lowest BCUT2D eigenvalue weighted by Crippen LogP contribution is -2.48. The van der Waals surface area contributed by atoms with E-state index >= 15 is 0 Å². The summed E-state index contributed by atoms with van der Waals surface area (Å²) in [5.74, 6) is -0.464. The van der Waals surface area contributed by atoms with Gasteiger partial charge >= 0.3 is 5.97 Å². The van der Waals surface area contributed by atoms with Crippen LogP contribution in [-0.2, 0) is 9.53 Å². The van der Waals surface area contributed by atoms with Crippen molar-refractivity contribution in [1.29, 1.82) is 0 Å². The molecule has 3 heteroatoms. The molecular formula is C10H18O3. The molecule has 0 bridgehead atoms. The highest BCUT2D eigenvalue weighted by molar-refractivity contribution is 5.67. The molecule has 0 aliphatic carbocycles. The van der Waals surface area contributed by atoms with E-state index in [4.69, 9.17) is 9.84 Å². The predicted octanol–water partition coefficient (Wildman–Crippen LogP) is 1.91. The molecule has 0 aromatic rings. The van der Waals surface area contributed by atoms with Crippen molar-refractivity contribution >= 4 is 5.97 Å². The molecule has 1 fully saturated rings. The number of hydrogen-bond acceptors (Lipinski definition) is 2. The van der Waals surface area contributed by atoms with Gasteiger partial charge in [0.2, 0.25) is 0 Å². The van der Waals surface area contributed by atoms with Gasteiger partial charge in [-0.15, -0.1) is 0 Å². The molecule has 1 atom stereocenters. The van der Waals surface area contributed by atoms with Crippen LogP contribution >= 0.6 is 0 Å². The van der Waals surface area contributed by atoms with Gasteiger partial charge in [0, 0.05) is 11.8 Å². The van der Waals surface area contributed by atoms with Gasteiger partial charge in [0.1, 0.15) is 0 Å². The molecule has 76 valence electrons. The third-order valence-corrected chi connectivity index (χ3v) is 3.05. The van der Waals surface area contributed by atoms with Crippen molar-refractivity contribution in [2.24, 2.45) is 11.3 Å². The van der Waals surface area contributed by atoms with Gasteiger partial charge in [-0.05, 0) is 12.3 Å². The van der Waals surface area contributed by atoms with Crippen molar-refractivity contribution < 1.29 is 14.6 Å². The fourth-order valence-corrected chi connectivity index (χ4v) is 2.02. The van der Waals surface area contributed by atoms with Crippen LogP contribution in [-0.4, -0.2) is 24.3 Å². The maximum Gasteiger partial charge on any atom is 0.303 e. The number of rotatable bonds is 5. The van der Waals surface area contributed by atoms with Crippen LogP contribution in [0.5, 0.6) is 0 Å². The minimum absolute atomic E-state index is 0.160. The molecule has 1 rings (SSSR count). The predicted molar refractivity (Wildman–Crippen MR) is 49.6 cm³/mol. The Morgan fingerprint density at radius 1 is 1.62 bits per heavy atom. The summed E-state index contributed by atoms with van der Waals surface area (Å²) in [6, 6.07) is 0. The first-order valence-electron chi connectivity index (χ1n) is 4.90. The smallest absolute Gasteiger partial charge is 0.303 e. The summed E-state index contributed by atoms with van der Waals surface area (Å²) < 4.78 is 5.20. The largest absolute Gasteiger partial charge is 0.481 e. The summed E-state index contributed by atoms with van der Waals surface area (Å²) in [5, 5.41) is 8.69. The fourth-order valence-electron chi connectivity index (χ4n) is 2.02. The van der Waals surface area contributed by atoms with Crippen LogP contribution in [0.2, 0.25) is 0 Å². The van der Waals surface area contributed by atoms with E-state index in [9.17, 15) is 4.79 Å². The molecule has 0 amide bonds. The van der Waals surface area contributed by atoms with E-state index in [1.807, 2.05) is 6.92 Å². The van der Waals surface area contributed by atoms with Crippen molar-refractivity contribution in [1.82, 2.24) is 0 Å². The van der Waals surface area contributed by atoms with Crippen LogP contribution in [0.15, 0.2) is 0 Å². The average molecular weight is 186 g/mol. The highest BCUT2D eigenvalue weighted by Gasteiger charge is 2.43.